The van der Waals surface area contributed by atoms with E-state index in [2.05, 4.69) is 17.6 Å². The first-order valence-corrected chi connectivity index (χ1v) is 9.52. The van der Waals surface area contributed by atoms with Crippen molar-refractivity contribution in [1.29, 1.82) is 0 Å². The van der Waals surface area contributed by atoms with Crippen molar-refractivity contribution in [1.82, 2.24) is 15.5 Å². The molecule has 3 rings (SSSR count). The van der Waals surface area contributed by atoms with Crippen LogP contribution in [0, 0.1) is 5.92 Å². The zero-order valence-corrected chi connectivity index (χ0v) is 16.3. The van der Waals surface area contributed by atoms with Gasteiger partial charge in [0, 0.05) is 36.7 Å². The average Bonchev–Trinajstić information content (AvgIpc) is 2.66. The van der Waals surface area contributed by atoms with Gasteiger partial charge in [-0.3, -0.25) is 9.59 Å². The summed E-state index contributed by atoms with van der Waals surface area (Å²) in [5, 5.41) is 6.43. The normalized spacial score (nSPS) is 25.9. The summed E-state index contributed by atoms with van der Waals surface area (Å²) in [6, 6.07) is 9.79. The fraction of sp³-hybridized carbons (Fsp3) is 0.600. The minimum absolute atomic E-state index is 0. The Kier molecular flexibility index (Phi) is 7.91. The number of carbonyl (C=O) groups is 2. The van der Waals surface area contributed by atoms with Crippen LogP contribution < -0.4 is 10.6 Å². The first kappa shape index (κ1) is 20.7. The van der Waals surface area contributed by atoms with Gasteiger partial charge in [-0.2, -0.15) is 0 Å². The van der Waals surface area contributed by atoms with Gasteiger partial charge in [0.15, 0.2) is 0 Å². The number of carbonyl (C=O) groups excluding carboxylic acids is 2. The van der Waals surface area contributed by atoms with Gasteiger partial charge in [-0.05, 0) is 57.7 Å². The van der Waals surface area contributed by atoms with Crippen molar-refractivity contribution in [2.75, 3.05) is 19.6 Å². The fourth-order valence-electron chi connectivity index (χ4n) is 4.00. The topological polar surface area (TPSA) is 61.4 Å². The fourth-order valence-corrected chi connectivity index (χ4v) is 4.00. The summed E-state index contributed by atoms with van der Waals surface area (Å²) in [6.07, 6.45) is 5.00. The van der Waals surface area contributed by atoms with Crippen molar-refractivity contribution < 1.29 is 9.59 Å². The zero-order valence-electron chi connectivity index (χ0n) is 15.4. The molecule has 0 radical (unpaired) electrons. The minimum Gasteiger partial charge on any atom is -0.350 e. The van der Waals surface area contributed by atoms with E-state index in [1.807, 2.05) is 35.2 Å². The van der Waals surface area contributed by atoms with Crippen LogP contribution in [0.2, 0.25) is 0 Å². The monoisotopic (exact) mass is 379 g/mol. The molecule has 2 fully saturated rings. The number of rotatable bonds is 4. The first-order valence-electron chi connectivity index (χ1n) is 9.52. The second-order valence-electron chi connectivity index (χ2n) is 7.33. The number of halogens is 1. The maximum Gasteiger partial charge on any atom is 0.251 e. The number of nitrogens with zero attached hydrogens (tertiary/aromatic N) is 1. The lowest BCUT2D eigenvalue weighted by Crippen LogP contribution is -2.53. The summed E-state index contributed by atoms with van der Waals surface area (Å²) in [4.78, 5) is 27.3. The SMILES string of the molecule is C[C@H]1C[C@@H](C(=O)N2CCCCC2CNC(=O)c2ccccc2)CCN1.Cl. The quantitative estimate of drug-likeness (QED) is 0.845. The number of hydrogen-bond donors (Lipinski definition) is 2. The molecule has 1 aromatic rings. The lowest BCUT2D eigenvalue weighted by atomic mass is 9.90. The van der Waals surface area contributed by atoms with Crippen molar-refractivity contribution in [2.24, 2.45) is 5.92 Å². The number of likely N-dealkylation sites (tertiary alicyclic amines) is 1. The third-order valence-corrected chi connectivity index (χ3v) is 5.42. The van der Waals surface area contributed by atoms with Crippen LogP contribution in [0.1, 0.15) is 49.4 Å². The molecule has 3 atom stereocenters. The molecule has 5 nitrogen and oxygen atoms in total. The number of benzene rings is 1. The predicted octanol–water partition coefficient (Wildman–Crippen LogP) is 2.61. The molecule has 2 aliphatic heterocycles. The highest BCUT2D eigenvalue weighted by molar-refractivity contribution is 5.94. The Morgan fingerprint density at radius 2 is 1.96 bits per heavy atom. The summed E-state index contributed by atoms with van der Waals surface area (Å²) in [5.74, 6) is 0.350. The molecule has 0 spiro atoms. The van der Waals surface area contributed by atoms with Crippen LogP contribution in [0.15, 0.2) is 30.3 Å². The van der Waals surface area contributed by atoms with Crippen molar-refractivity contribution >= 4 is 24.2 Å². The van der Waals surface area contributed by atoms with Gasteiger partial charge in [-0.1, -0.05) is 18.2 Å². The van der Waals surface area contributed by atoms with E-state index >= 15 is 0 Å². The van der Waals surface area contributed by atoms with E-state index in [0.717, 1.165) is 45.2 Å². The Labute approximate surface area is 162 Å². The standard InChI is InChI=1S/C20H29N3O2.ClH/c1-15-13-17(10-11-21-15)20(25)23-12-6-5-9-18(23)14-22-19(24)16-7-3-2-4-8-16;/h2-4,7-8,15,17-18,21H,5-6,9-14H2,1H3,(H,22,24);1H/t15-,17-,18?;/m0./s1. The summed E-state index contributed by atoms with van der Waals surface area (Å²) in [7, 11) is 0. The molecule has 0 aromatic heterocycles. The van der Waals surface area contributed by atoms with Gasteiger partial charge in [0.25, 0.3) is 5.91 Å². The second-order valence-corrected chi connectivity index (χ2v) is 7.33. The lowest BCUT2D eigenvalue weighted by Gasteiger charge is -2.39. The molecule has 6 heteroatoms. The van der Waals surface area contributed by atoms with Crippen molar-refractivity contribution in [3.63, 3.8) is 0 Å². The van der Waals surface area contributed by atoms with E-state index in [4.69, 9.17) is 0 Å². The van der Waals surface area contributed by atoms with Gasteiger partial charge in [-0.15, -0.1) is 12.4 Å². The molecule has 0 aliphatic carbocycles. The Morgan fingerprint density at radius 3 is 2.69 bits per heavy atom. The van der Waals surface area contributed by atoms with E-state index < -0.39 is 0 Å². The van der Waals surface area contributed by atoms with Gasteiger partial charge in [0.05, 0.1) is 0 Å². The zero-order chi connectivity index (χ0) is 17.6. The minimum atomic E-state index is -0.0611. The molecule has 144 valence electrons. The second kappa shape index (κ2) is 9.93. The molecular weight excluding hydrogens is 350 g/mol. The highest BCUT2D eigenvalue weighted by atomic mass is 35.5. The van der Waals surface area contributed by atoms with E-state index in [0.29, 0.717) is 18.2 Å². The van der Waals surface area contributed by atoms with Gasteiger partial charge < -0.3 is 15.5 Å². The van der Waals surface area contributed by atoms with E-state index in [-0.39, 0.29) is 36.2 Å². The molecule has 1 aromatic carbocycles. The van der Waals surface area contributed by atoms with Crippen molar-refractivity contribution in [3.05, 3.63) is 35.9 Å². The molecule has 0 saturated carbocycles. The molecule has 2 N–H and O–H groups in total. The third-order valence-electron chi connectivity index (χ3n) is 5.42. The van der Waals surface area contributed by atoms with Crippen molar-refractivity contribution in [2.45, 2.75) is 51.1 Å². The largest absolute Gasteiger partial charge is 0.350 e. The molecule has 2 heterocycles. The number of piperidine rings is 2. The van der Waals surface area contributed by atoms with Crippen molar-refractivity contribution in [3.8, 4) is 0 Å². The first-order chi connectivity index (χ1) is 12.1. The lowest BCUT2D eigenvalue weighted by molar-refractivity contribution is -0.140. The molecule has 2 amide bonds. The van der Waals surface area contributed by atoms with E-state index in [9.17, 15) is 9.59 Å². The van der Waals surface area contributed by atoms with Crippen LogP contribution in [-0.2, 0) is 4.79 Å². The summed E-state index contributed by atoms with van der Waals surface area (Å²) >= 11 is 0. The van der Waals surface area contributed by atoms with Crippen LogP contribution in [-0.4, -0.2) is 48.4 Å². The van der Waals surface area contributed by atoms with Crippen LogP contribution >= 0.6 is 12.4 Å². The Balaban J connectivity index is 0.00000243. The highest BCUT2D eigenvalue weighted by Gasteiger charge is 2.33. The Morgan fingerprint density at radius 1 is 1.19 bits per heavy atom. The molecule has 2 saturated heterocycles. The number of hydrogen-bond acceptors (Lipinski definition) is 3. The highest BCUT2D eigenvalue weighted by Crippen LogP contribution is 2.24. The van der Waals surface area contributed by atoms with Crippen LogP contribution in [0.4, 0.5) is 0 Å². The molecular formula is C20H30ClN3O2. The number of nitrogens with one attached hydrogen (secondary N) is 2. The molecule has 2 aliphatic rings. The van der Waals surface area contributed by atoms with Gasteiger partial charge in [0.1, 0.15) is 0 Å². The summed E-state index contributed by atoms with van der Waals surface area (Å²) in [6.45, 7) is 4.43. The Hall–Kier alpha value is -1.59. The third kappa shape index (κ3) is 5.21. The molecule has 1 unspecified atom stereocenters. The summed E-state index contributed by atoms with van der Waals surface area (Å²) < 4.78 is 0. The van der Waals surface area contributed by atoms with Gasteiger partial charge in [0.2, 0.25) is 5.91 Å². The van der Waals surface area contributed by atoms with E-state index in [1.165, 1.54) is 0 Å². The van der Waals surface area contributed by atoms with Crippen LogP contribution in [0.5, 0.6) is 0 Å². The van der Waals surface area contributed by atoms with Crippen LogP contribution in [0.3, 0.4) is 0 Å². The molecule has 0 bridgehead atoms. The maximum atomic E-state index is 13.0. The maximum absolute atomic E-state index is 13.0. The Bertz CT molecular complexity index is 596. The van der Waals surface area contributed by atoms with E-state index in [1.54, 1.807) is 0 Å². The summed E-state index contributed by atoms with van der Waals surface area (Å²) in [5.41, 5.74) is 0.670. The molecule has 26 heavy (non-hydrogen) atoms. The predicted molar refractivity (Wildman–Crippen MR) is 106 cm³/mol. The average molecular weight is 380 g/mol. The van der Waals surface area contributed by atoms with Crippen LogP contribution in [0.25, 0.3) is 0 Å². The smallest absolute Gasteiger partial charge is 0.251 e. The van der Waals surface area contributed by atoms with Gasteiger partial charge in [-0.25, -0.2) is 0 Å². The number of amides is 2. The van der Waals surface area contributed by atoms with Gasteiger partial charge >= 0.3 is 0 Å².